The van der Waals surface area contributed by atoms with E-state index < -0.39 is 0 Å². The van der Waals surface area contributed by atoms with Gasteiger partial charge in [-0.25, -0.2) is 0 Å². The molecule has 0 radical (unpaired) electrons. The molecule has 1 saturated carbocycles. The average Bonchev–Trinajstić information content (AvgIpc) is 3.20. The number of carbonyl (C=O) groups is 2. The van der Waals surface area contributed by atoms with Crippen molar-refractivity contribution in [3.8, 4) is 0 Å². The molecule has 3 heteroatoms. The average molecular weight is 307 g/mol. The summed E-state index contributed by atoms with van der Waals surface area (Å²) in [6, 6.07) is 9.76. The molecule has 0 N–H and O–H groups in total. The van der Waals surface area contributed by atoms with E-state index in [9.17, 15) is 9.59 Å². The lowest BCUT2D eigenvalue weighted by Crippen LogP contribution is -2.35. The predicted octanol–water partition coefficient (Wildman–Crippen LogP) is 3.33. The van der Waals surface area contributed by atoms with Gasteiger partial charge in [0.1, 0.15) is 0 Å². The van der Waals surface area contributed by atoms with Crippen LogP contribution >= 0.6 is 0 Å². The van der Waals surface area contributed by atoms with Crippen molar-refractivity contribution in [1.29, 1.82) is 0 Å². The molecule has 1 aliphatic heterocycles. The molecule has 2 aliphatic carbocycles. The maximum atomic E-state index is 13.0. The summed E-state index contributed by atoms with van der Waals surface area (Å²) in [6.07, 6.45) is 9.04. The molecule has 2 fully saturated rings. The molecule has 4 atom stereocenters. The van der Waals surface area contributed by atoms with Gasteiger partial charge in [-0.2, -0.15) is 0 Å². The summed E-state index contributed by atoms with van der Waals surface area (Å²) in [5.74, 6) is -0.00447. The first-order valence-corrected chi connectivity index (χ1v) is 8.36. The van der Waals surface area contributed by atoms with E-state index in [2.05, 4.69) is 18.7 Å². The minimum absolute atomic E-state index is 0.0266. The van der Waals surface area contributed by atoms with Crippen molar-refractivity contribution in [2.24, 2.45) is 23.2 Å². The molecule has 4 unspecified atom stereocenters. The Balaban J connectivity index is 1.62. The summed E-state index contributed by atoms with van der Waals surface area (Å²) in [6.45, 7) is 4.20. The fraction of sp³-hybridized carbons (Fsp3) is 0.400. The van der Waals surface area contributed by atoms with Crippen LogP contribution in [-0.2, 0) is 16.1 Å². The van der Waals surface area contributed by atoms with Gasteiger partial charge in [-0.15, -0.1) is 6.58 Å². The van der Waals surface area contributed by atoms with Gasteiger partial charge in [-0.3, -0.25) is 14.5 Å². The lowest BCUT2D eigenvalue weighted by molar-refractivity contribution is -0.142. The summed E-state index contributed by atoms with van der Waals surface area (Å²) in [7, 11) is 0. The maximum Gasteiger partial charge on any atom is 0.234 e. The van der Waals surface area contributed by atoms with E-state index in [0.29, 0.717) is 6.54 Å². The van der Waals surface area contributed by atoms with Gasteiger partial charge in [0.2, 0.25) is 11.8 Å². The molecule has 0 spiro atoms. The number of hydrogen-bond donors (Lipinski definition) is 0. The van der Waals surface area contributed by atoms with E-state index in [1.807, 2.05) is 36.4 Å². The van der Waals surface area contributed by atoms with Crippen molar-refractivity contribution in [1.82, 2.24) is 4.90 Å². The first-order chi connectivity index (χ1) is 11.2. The van der Waals surface area contributed by atoms with Crippen LogP contribution in [0, 0.1) is 23.2 Å². The standard InChI is InChI=1S/C20H21NO2/c1-2-3-10-20-11-9-15(12-20)16-17(20)19(23)21(18(16)22)13-14-7-5-4-6-8-14/h2,4-9,11,15-17H,1,3,10,12-13H2. The van der Waals surface area contributed by atoms with Gasteiger partial charge in [-0.1, -0.05) is 48.6 Å². The van der Waals surface area contributed by atoms with Crippen LogP contribution < -0.4 is 0 Å². The van der Waals surface area contributed by atoms with Gasteiger partial charge < -0.3 is 0 Å². The van der Waals surface area contributed by atoms with Gasteiger partial charge in [-0.05, 0) is 30.7 Å². The Morgan fingerprint density at radius 2 is 2.00 bits per heavy atom. The van der Waals surface area contributed by atoms with Crippen molar-refractivity contribution < 1.29 is 9.59 Å². The minimum Gasteiger partial charge on any atom is -0.278 e. The highest BCUT2D eigenvalue weighted by molar-refractivity contribution is 6.06. The Hall–Kier alpha value is -2.16. The number of benzene rings is 1. The fourth-order valence-electron chi connectivity index (χ4n) is 4.79. The highest BCUT2D eigenvalue weighted by Crippen LogP contribution is 2.62. The van der Waals surface area contributed by atoms with Gasteiger partial charge in [0, 0.05) is 5.41 Å². The molecular formula is C20H21NO2. The fourth-order valence-corrected chi connectivity index (χ4v) is 4.79. The van der Waals surface area contributed by atoms with Crippen molar-refractivity contribution in [3.05, 3.63) is 60.7 Å². The SMILES string of the molecule is C=CCCC12C=CC(C1)C1C(=O)N(Cc3ccccc3)C(=O)C12. The van der Waals surface area contributed by atoms with E-state index >= 15 is 0 Å². The topological polar surface area (TPSA) is 37.4 Å². The zero-order valence-corrected chi connectivity index (χ0v) is 13.2. The van der Waals surface area contributed by atoms with Crippen LogP contribution in [0.3, 0.4) is 0 Å². The molecule has 23 heavy (non-hydrogen) atoms. The smallest absolute Gasteiger partial charge is 0.234 e. The van der Waals surface area contributed by atoms with Crippen LogP contribution in [0.1, 0.15) is 24.8 Å². The monoisotopic (exact) mass is 307 g/mol. The van der Waals surface area contributed by atoms with Crippen LogP contribution in [0.25, 0.3) is 0 Å². The van der Waals surface area contributed by atoms with Crippen molar-refractivity contribution in [2.45, 2.75) is 25.8 Å². The Bertz CT molecular complexity index is 693. The number of nitrogens with zero attached hydrogens (tertiary/aromatic N) is 1. The molecule has 3 aliphatic rings. The van der Waals surface area contributed by atoms with Crippen LogP contribution in [-0.4, -0.2) is 16.7 Å². The summed E-state index contributed by atoms with van der Waals surface area (Å²) in [5, 5.41) is 0. The Labute approximate surface area is 136 Å². The van der Waals surface area contributed by atoms with E-state index in [-0.39, 0.29) is 35.0 Å². The van der Waals surface area contributed by atoms with Crippen molar-refractivity contribution in [2.75, 3.05) is 0 Å². The van der Waals surface area contributed by atoms with Crippen LogP contribution in [0.4, 0.5) is 0 Å². The zero-order chi connectivity index (χ0) is 16.0. The van der Waals surface area contributed by atoms with Gasteiger partial charge in [0.05, 0.1) is 18.4 Å². The number of fused-ring (bicyclic) bond motifs is 5. The Morgan fingerprint density at radius 1 is 1.22 bits per heavy atom. The van der Waals surface area contributed by atoms with E-state index in [1.165, 1.54) is 4.90 Å². The quantitative estimate of drug-likeness (QED) is 0.618. The third-order valence-electron chi connectivity index (χ3n) is 5.81. The lowest BCUT2D eigenvalue weighted by Gasteiger charge is -2.30. The highest BCUT2D eigenvalue weighted by Gasteiger charge is 2.65. The third kappa shape index (κ3) is 2.03. The number of rotatable bonds is 5. The first-order valence-electron chi connectivity index (χ1n) is 8.36. The summed E-state index contributed by atoms with van der Waals surface area (Å²) in [4.78, 5) is 27.4. The second-order valence-electron chi connectivity index (χ2n) is 7.04. The summed E-state index contributed by atoms with van der Waals surface area (Å²) >= 11 is 0. The summed E-state index contributed by atoms with van der Waals surface area (Å²) in [5.41, 5.74) is 0.886. The van der Waals surface area contributed by atoms with Crippen molar-refractivity contribution in [3.63, 3.8) is 0 Å². The van der Waals surface area contributed by atoms with Crippen LogP contribution in [0.2, 0.25) is 0 Å². The number of allylic oxidation sites excluding steroid dienone is 3. The Kier molecular flexibility index (Phi) is 3.26. The number of carbonyl (C=O) groups excluding carboxylic acids is 2. The molecule has 1 heterocycles. The molecule has 118 valence electrons. The van der Waals surface area contributed by atoms with Crippen LogP contribution in [0.15, 0.2) is 55.1 Å². The molecule has 0 aromatic heterocycles. The second kappa shape index (κ2) is 5.19. The lowest BCUT2D eigenvalue weighted by atomic mass is 9.72. The molecular weight excluding hydrogens is 286 g/mol. The number of amides is 2. The van der Waals surface area contributed by atoms with E-state index in [4.69, 9.17) is 0 Å². The van der Waals surface area contributed by atoms with Gasteiger partial charge >= 0.3 is 0 Å². The summed E-state index contributed by atoms with van der Waals surface area (Å²) < 4.78 is 0. The molecule has 1 saturated heterocycles. The molecule has 1 aromatic carbocycles. The maximum absolute atomic E-state index is 13.0. The van der Waals surface area contributed by atoms with Gasteiger partial charge in [0.15, 0.2) is 0 Å². The highest BCUT2D eigenvalue weighted by atomic mass is 16.2. The first kappa shape index (κ1) is 14.4. The Morgan fingerprint density at radius 3 is 2.74 bits per heavy atom. The molecule has 2 amide bonds. The molecule has 4 rings (SSSR count). The van der Waals surface area contributed by atoms with E-state index in [0.717, 1.165) is 24.8 Å². The van der Waals surface area contributed by atoms with E-state index in [1.54, 1.807) is 0 Å². The van der Waals surface area contributed by atoms with Crippen LogP contribution in [0.5, 0.6) is 0 Å². The number of likely N-dealkylation sites (tertiary alicyclic amines) is 1. The minimum atomic E-state index is -0.159. The number of hydrogen-bond acceptors (Lipinski definition) is 2. The van der Waals surface area contributed by atoms with Gasteiger partial charge in [0.25, 0.3) is 0 Å². The normalized spacial score (nSPS) is 34.3. The second-order valence-corrected chi connectivity index (χ2v) is 7.04. The molecule has 3 nitrogen and oxygen atoms in total. The zero-order valence-electron chi connectivity index (χ0n) is 13.2. The number of imide groups is 1. The molecule has 2 bridgehead atoms. The largest absolute Gasteiger partial charge is 0.278 e. The third-order valence-corrected chi connectivity index (χ3v) is 5.81. The molecule has 1 aromatic rings. The predicted molar refractivity (Wildman–Crippen MR) is 88.1 cm³/mol. The van der Waals surface area contributed by atoms with Crippen molar-refractivity contribution >= 4 is 11.8 Å².